The zero-order chi connectivity index (χ0) is 12.3. The number of hydrogen-bond donors (Lipinski definition) is 1. The molecule has 0 saturated carbocycles. The van der Waals surface area contributed by atoms with Gasteiger partial charge in [-0.25, -0.2) is 0 Å². The Morgan fingerprint density at radius 2 is 2.24 bits per heavy atom. The summed E-state index contributed by atoms with van der Waals surface area (Å²) in [6.45, 7) is 7.64. The highest BCUT2D eigenvalue weighted by atomic mass is 32.2. The van der Waals surface area contributed by atoms with Gasteiger partial charge in [-0.3, -0.25) is 4.90 Å². The molecule has 1 aliphatic rings. The van der Waals surface area contributed by atoms with E-state index in [1.54, 1.807) is 0 Å². The smallest absolute Gasteiger partial charge is 0.0234 e. The molecule has 0 aliphatic carbocycles. The van der Waals surface area contributed by atoms with Crippen molar-refractivity contribution in [2.24, 2.45) is 11.7 Å². The van der Waals surface area contributed by atoms with Crippen molar-refractivity contribution in [2.45, 2.75) is 31.3 Å². The number of nitrogens with zero attached hydrogens (tertiary/aromatic N) is 1. The quantitative estimate of drug-likeness (QED) is 0.833. The van der Waals surface area contributed by atoms with Crippen molar-refractivity contribution in [1.29, 1.82) is 0 Å². The summed E-state index contributed by atoms with van der Waals surface area (Å²) in [5, 5.41) is 0. The Labute approximate surface area is 109 Å². The van der Waals surface area contributed by atoms with Crippen LogP contribution in [0, 0.1) is 5.92 Å². The highest BCUT2D eigenvalue weighted by Gasteiger charge is 2.26. The van der Waals surface area contributed by atoms with Gasteiger partial charge in [-0.15, -0.1) is 11.8 Å². The van der Waals surface area contributed by atoms with E-state index in [0.29, 0.717) is 12.0 Å². The van der Waals surface area contributed by atoms with Gasteiger partial charge in [-0.05, 0) is 29.4 Å². The van der Waals surface area contributed by atoms with Crippen molar-refractivity contribution < 1.29 is 0 Å². The summed E-state index contributed by atoms with van der Waals surface area (Å²) < 4.78 is 0. The van der Waals surface area contributed by atoms with E-state index in [2.05, 4.69) is 43.0 Å². The molecule has 1 aromatic rings. The molecule has 1 fully saturated rings. The minimum atomic E-state index is 0.350. The Hall–Kier alpha value is -0.510. The van der Waals surface area contributed by atoms with Gasteiger partial charge in [0, 0.05) is 30.6 Å². The third-order valence-electron chi connectivity index (χ3n) is 3.36. The summed E-state index contributed by atoms with van der Waals surface area (Å²) in [6, 6.07) is 9.22. The van der Waals surface area contributed by atoms with Crippen LogP contribution < -0.4 is 5.73 Å². The SMILES string of the molecule is CCSc1cccc(CN2CC(C)C(N)C2)c1. The third kappa shape index (κ3) is 3.47. The summed E-state index contributed by atoms with van der Waals surface area (Å²) in [5.74, 6) is 1.76. The van der Waals surface area contributed by atoms with Crippen LogP contribution in [0.4, 0.5) is 0 Å². The minimum Gasteiger partial charge on any atom is -0.326 e. The summed E-state index contributed by atoms with van der Waals surface area (Å²) >= 11 is 1.91. The van der Waals surface area contributed by atoms with E-state index >= 15 is 0 Å². The van der Waals surface area contributed by atoms with Gasteiger partial charge in [-0.1, -0.05) is 26.0 Å². The molecule has 0 amide bonds. The minimum absolute atomic E-state index is 0.350. The molecule has 94 valence electrons. The van der Waals surface area contributed by atoms with Crippen molar-refractivity contribution in [3.8, 4) is 0 Å². The van der Waals surface area contributed by atoms with Crippen LogP contribution >= 0.6 is 11.8 Å². The average Bonchev–Trinajstić information content (AvgIpc) is 2.59. The van der Waals surface area contributed by atoms with E-state index in [0.717, 1.165) is 25.4 Å². The number of thioether (sulfide) groups is 1. The average molecular weight is 250 g/mol. The number of hydrogen-bond acceptors (Lipinski definition) is 3. The second-order valence-corrected chi connectivity index (χ2v) is 6.25. The van der Waals surface area contributed by atoms with Gasteiger partial charge in [0.25, 0.3) is 0 Å². The lowest BCUT2D eigenvalue weighted by molar-refractivity contribution is 0.318. The maximum absolute atomic E-state index is 6.05. The number of benzene rings is 1. The van der Waals surface area contributed by atoms with Gasteiger partial charge in [-0.2, -0.15) is 0 Å². The summed E-state index contributed by atoms with van der Waals surface area (Å²) in [4.78, 5) is 3.84. The summed E-state index contributed by atoms with van der Waals surface area (Å²) in [6.07, 6.45) is 0. The van der Waals surface area contributed by atoms with Crippen LogP contribution in [0.3, 0.4) is 0 Å². The number of likely N-dealkylation sites (tertiary alicyclic amines) is 1. The van der Waals surface area contributed by atoms with E-state index in [9.17, 15) is 0 Å². The molecule has 2 atom stereocenters. The van der Waals surface area contributed by atoms with Crippen LogP contribution in [0.25, 0.3) is 0 Å². The van der Waals surface area contributed by atoms with Crippen LogP contribution in [0.1, 0.15) is 19.4 Å². The van der Waals surface area contributed by atoms with Crippen molar-refractivity contribution in [1.82, 2.24) is 4.90 Å². The fourth-order valence-corrected chi connectivity index (χ4v) is 3.13. The molecular formula is C14H22N2S. The van der Waals surface area contributed by atoms with Crippen LogP contribution in [0.15, 0.2) is 29.2 Å². The molecule has 3 heteroatoms. The predicted octanol–water partition coefficient (Wildman–Crippen LogP) is 2.58. The Kier molecular flexibility index (Phi) is 4.48. The van der Waals surface area contributed by atoms with Crippen LogP contribution in [-0.4, -0.2) is 29.8 Å². The molecule has 1 heterocycles. The summed E-state index contributed by atoms with van der Waals surface area (Å²) in [5.41, 5.74) is 7.46. The normalized spacial score (nSPS) is 25.4. The van der Waals surface area contributed by atoms with Gasteiger partial charge >= 0.3 is 0 Å². The van der Waals surface area contributed by atoms with E-state index < -0.39 is 0 Å². The molecule has 0 bridgehead atoms. The van der Waals surface area contributed by atoms with Crippen LogP contribution in [0.5, 0.6) is 0 Å². The second-order valence-electron chi connectivity index (χ2n) is 4.92. The lowest BCUT2D eigenvalue weighted by Crippen LogP contribution is -2.28. The standard InChI is InChI=1S/C14H22N2S/c1-3-17-13-6-4-5-12(7-13)9-16-8-11(2)14(15)10-16/h4-7,11,14H,3,8-10,15H2,1-2H3. The number of rotatable bonds is 4. The highest BCUT2D eigenvalue weighted by molar-refractivity contribution is 7.99. The van der Waals surface area contributed by atoms with Crippen LogP contribution in [0.2, 0.25) is 0 Å². The van der Waals surface area contributed by atoms with Gasteiger partial charge < -0.3 is 5.73 Å². The fourth-order valence-electron chi connectivity index (χ4n) is 2.38. The first kappa shape index (κ1) is 12.9. The zero-order valence-corrected chi connectivity index (χ0v) is 11.5. The van der Waals surface area contributed by atoms with E-state index in [4.69, 9.17) is 5.73 Å². The van der Waals surface area contributed by atoms with Crippen molar-refractivity contribution >= 4 is 11.8 Å². The molecule has 0 radical (unpaired) electrons. The maximum Gasteiger partial charge on any atom is 0.0234 e. The molecule has 0 spiro atoms. The number of nitrogens with two attached hydrogens (primary N) is 1. The largest absolute Gasteiger partial charge is 0.326 e. The van der Waals surface area contributed by atoms with Crippen LogP contribution in [-0.2, 0) is 6.54 Å². The maximum atomic E-state index is 6.05. The fraction of sp³-hybridized carbons (Fsp3) is 0.571. The highest BCUT2D eigenvalue weighted by Crippen LogP contribution is 2.21. The predicted molar refractivity (Wildman–Crippen MR) is 75.3 cm³/mol. The Balaban J connectivity index is 1.97. The monoisotopic (exact) mass is 250 g/mol. The first-order chi connectivity index (χ1) is 8.19. The van der Waals surface area contributed by atoms with Gasteiger partial charge in [0.1, 0.15) is 0 Å². The molecule has 0 aromatic heterocycles. The first-order valence-electron chi connectivity index (χ1n) is 6.38. The molecule has 1 aliphatic heterocycles. The van der Waals surface area contributed by atoms with E-state index in [-0.39, 0.29) is 0 Å². The molecule has 2 unspecified atom stereocenters. The molecule has 2 nitrogen and oxygen atoms in total. The molecule has 2 N–H and O–H groups in total. The van der Waals surface area contributed by atoms with E-state index in [1.165, 1.54) is 10.5 Å². The first-order valence-corrected chi connectivity index (χ1v) is 7.37. The molecular weight excluding hydrogens is 228 g/mol. The molecule has 17 heavy (non-hydrogen) atoms. The third-order valence-corrected chi connectivity index (χ3v) is 4.24. The summed E-state index contributed by atoms with van der Waals surface area (Å²) in [7, 11) is 0. The van der Waals surface area contributed by atoms with Gasteiger partial charge in [0.15, 0.2) is 0 Å². The van der Waals surface area contributed by atoms with E-state index in [1.807, 2.05) is 11.8 Å². The molecule has 1 saturated heterocycles. The Morgan fingerprint density at radius 3 is 2.88 bits per heavy atom. The second kappa shape index (κ2) is 5.89. The van der Waals surface area contributed by atoms with Gasteiger partial charge in [0.05, 0.1) is 0 Å². The van der Waals surface area contributed by atoms with Crippen molar-refractivity contribution in [3.63, 3.8) is 0 Å². The molecule has 1 aromatic carbocycles. The van der Waals surface area contributed by atoms with Gasteiger partial charge in [0.2, 0.25) is 0 Å². The van der Waals surface area contributed by atoms with Crippen molar-refractivity contribution in [2.75, 3.05) is 18.8 Å². The topological polar surface area (TPSA) is 29.3 Å². The lowest BCUT2D eigenvalue weighted by Gasteiger charge is -2.15. The zero-order valence-electron chi connectivity index (χ0n) is 10.7. The van der Waals surface area contributed by atoms with Crippen molar-refractivity contribution in [3.05, 3.63) is 29.8 Å². The Morgan fingerprint density at radius 1 is 1.41 bits per heavy atom. The Bertz CT molecular complexity index is 357. The molecule has 2 rings (SSSR count). The lowest BCUT2D eigenvalue weighted by atomic mass is 10.1.